The van der Waals surface area contributed by atoms with E-state index in [9.17, 15) is 14.4 Å². The lowest BCUT2D eigenvalue weighted by atomic mass is 9.86. The van der Waals surface area contributed by atoms with Crippen LogP contribution in [0.1, 0.15) is 54.9 Å². The number of ketones is 1. The van der Waals surface area contributed by atoms with Gasteiger partial charge in [-0.2, -0.15) is 0 Å². The standard InChI is InChI=1S/C17H30N2O3S/c1-10(2)17(6,7)23-12-8-13(20)19(15(12)22)11(9-18)14(21)16(3,4)5/h10-12H,8-9,18H2,1-7H3. The Morgan fingerprint density at radius 3 is 2.17 bits per heavy atom. The average Bonchev–Trinajstić information content (AvgIpc) is 2.65. The lowest BCUT2D eigenvalue weighted by Crippen LogP contribution is -2.52. The Kier molecular flexibility index (Phi) is 6.08. The molecule has 1 rings (SSSR count). The Balaban J connectivity index is 3.00. The van der Waals surface area contributed by atoms with E-state index in [1.807, 2.05) is 0 Å². The largest absolute Gasteiger partial charge is 0.328 e. The van der Waals surface area contributed by atoms with Crippen LogP contribution in [0.5, 0.6) is 0 Å². The van der Waals surface area contributed by atoms with Crippen LogP contribution in [0.25, 0.3) is 0 Å². The van der Waals surface area contributed by atoms with Gasteiger partial charge in [-0.1, -0.05) is 48.5 Å². The second-order valence-electron chi connectivity index (χ2n) is 8.04. The summed E-state index contributed by atoms with van der Waals surface area (Å²) in [4.78, 5) is 38.7. The Bertz CT molecular complexity index is 495. The maximum Gasteiger partial charge on any atom is 0.243 e. The van der Waals surface area contributed by atoms with Crippen LogP contribution in [0.2, 0.25) is 0 Å². The first-order chi connectivity index (χ1) is 10.3. The number of carbonyl (C=O) groups excluding carboxylic acids is 3. The SMILES string of the molecule is CC(C)C(C)(C)SC1CC(=O)N(C(CN)C(=O)C(C)(C)C)C1=O. The lowest BCUT2D eigenvalue weighted by Gasteiger charge is -2.32. The highest BCUT2D eigenvalue weighted by Gasteiger charge is 2.48. The quantitative estimate of drug-likeness (QED) is 0.749. The Labute approximate surface area is 143 Å². The van der Waals surface area contributed by atoms with Crippen LogP contribution in [0.4, 0.5) is 0 Å². The molecule has 5 nitrogen and oxygen atoms in total. The van der Waals surface area contributed by atoms with Crippen molar-refractivity contribution >= 4 is 29.4 Å². The number of rotatable bonds is 6. The van der Waals surface area contributed by atoms with Gasteiger partial charge in [-0.3, -0.25) is 19.3 Å². The van der Waals surface area contributed by atoms with E-state index < -0.39 is 16.7 Å². The molecule has 1 heterocycles. The van der Waals surface area contributed by atoms with E-state index in [2.05, 4.69) is 27.7 Å². The van der Waals surface area contributed by atoms with Crippen molar-refractivity contribution in [2.75, 3.05) is 6.54 Å². The van der Waals surface area contributed by atoms with Gasteiger partial charge in [-0.05, 0) is 5.92 Å². The first-order valence-electron chi connectivity index (χ1n) is 8.11. The van der Waals surface area contributed by atoms with Crippen LogP contribution in [-0.2, 0) is 14.4 Å². The normalized spacial score (nSPS) is 21.3. The van der Waals surface area contributed by atoms with Gasteiger partial charge in [0.15, 0.2) is 5.78 Å². The third kappa shape index (κ3) is 4.35. The van der Waals surface area contributed by atoms with Crippen LogP contribution in [0.15, 0.2) is 0 Å². The van der Waals surface area contributed by atoms with E-state index in [0.29, 0.717) is 5.92 Å². The number of hydrogen-bond acceptors (Lipinski definition) is 5. The molecule has 132 valence electrons. The van der Waals surface area contributed by atoms with Gasteiger partial charge >= 0.3 is 0 Å². The highest BCUT2D eigenvalue weighted by atomic mass is 32.2. The maximum atomic E-state index is 12.7. The molecule has 0 aromatic heterocycles. The fourth-order valence-electron chi connectivity index (χ4n) is 2.37. The molecule has 0 aliphatic carbocycles. The molecule has 0 radical (unpaired) electrons. The van der Waals surface area contributed by atoms with Crippen LogP contribution >= 0.6 is 11.8 Å². The van der Waals surface area contributed by atoms with Crippen molar-refractivity contribution in [3.8, 4) is 0 Å². The predicted molar refractivity (Wildman–Crippen MR) is 94.1 cm³/mol. The number of imide groups is 1. The minimum absolute atomic E-state index is 0.0292. The van der Waals surface area contributed by atoms with Gasteiger partial charge in [0, 0.05) is 23.1 Å². The van der Waals surface area contributed by atoms with Gasteiger partial charge in [-0.25, -0.2) is 0 Å². The molecule has 0 bridgehead atoms. The summed E-state index contributed by atoms with van der Waals surface area (Å²) >= 11 is 1.52. The molecular weight excluding hydrogens is 312 g/mol. The fourth-order valence-corrected chi connectivity index (χ4v) is 3.82. The highest BCUT2D eigenvalue weighted by Crippen LogP contribution is 2.40. The number of nitrogens with two attached hydrogens (primary N) is 1. The van der Waals surface area contributed by atoms with E-state index >= 15 is 0 Å². The first kappa shape index (κ1) is 20.2. The van der Waals surface area contributed by atoms with Crippen LogP contribution in [0.3, 0.4) is 0 Å². The zero-order valence-corrected chi connectivity index (χ0v) is 16.1. The van der Waals surface area contributed by atoms with Crippen molar-refractivity contribution in [1.29, 1.82) is 0 Å². The third-order valence-electron chi connectivity index (χ3n) is 4.55. The summed E-state index contributed by atoms with van der Waals surface area (Å²) in [5, 5.41) is -0.429. The zero-order chi connectivity index (χ0) is 18.2. The molecule has 2 atom stereocenters. The molecule has 1 aliphatic heterocycles. The Morgan fingerprint density at radius 1 is 1.26 bits per heavy atom. The molecule has 0 aromatic rings. The zero-order valence-electron chi connectivity index (χ0n) is 15.3. The summed E-state index contributed by atoms with van der Waals surface area (Å²) in [5.41, 5.74) is 5.08. The second-order valence-corrected chi connectivity index (χ2v) is 9.89. The van der Waals surface area contributed by atoms with E-state index in [1.165, 1.54) is 11.8 Å². The molecule has 0 aromatic carbocycles. The van der Waals surface area contributed by atoms with E-state index in [1.54, 1.807) is 20.8 Å². The molecule has 23 heavy (non-hydrogen) atoms. The van der Waals surface area contributed by atoms with Crippen LogP contribution in [-0.4, -0.2) is 45.1 Å². The topological polar surface area (TPSA) is 80.5 Å². The molecule has 1 saturated heterocycles. The summed E-state index contributed by atoms with van der Waals surface area (Å²) in [6, 6.07) is -0.859. The molecule has 6 heteroatoms. The Hall–Kier alpha value is -0.880. The summed E-state index contributed by atoms with van der Waals surface area (Å²) < 4.78 is -0.122. The number of carbonyl (C=O) groups is 3. The van der Waals surface area contributed by atoms with E-state index in [-0.39, 0.29) is 35.3 Å². The van der Waals surface area contributed by atoms with Gasteiger partial charge in [0.1, 0.15) is 6.04 Å². The number of likely N-dealkylation sites (tertiary alicyclic amines) is 1. The van der Waals surface area contributed by atoms with Crippen molar-refractivity contribution in [3.05, 3.63) is 0 Å². The monoisotopic (exact) mass is 342 g/mol. The lowest BCUT2D eigenvalue weighted by molar-refractivity contribution is -0.148. The van der Waals surface area contributed by atoms with Crippen LogP contribution in [0, 0.1) is 11.3 Å². The van der Waals surface area contributed by atoms with E-state index in [0.717, 1.165) is 4.90 Å². The number of nitrogens with zero attached hydrogens (tertiary/aromatic N) is 1. The van der Waals surface area contributed by atoms with Crippen LogP contribution < -0.4 is 5.73 Å². The number of thioether (sulfide) groups is 1. The van der Waals surface area contributed by atoms with Crippen molar-refractivity contribution in [2.24, 2.45) is 17.1 Å². The molecule has 0 spiro atoms. The minimum atomic E-state index is -0.859. The van der Waals surface area contributed by atoms with Crippen molar-refractivity contribution in [3.63, 3.8) is 0 Å². The van der Waals surface area contributed by atoms with Crippen molar-refractivity contribution in [2.45, 2.75) is 70.9 Å². The van der Waals surface area contributed by atoms with Gasteiger partial charge in [0.2, 0.25) is 11.8 Å². The van der Waals surface area contributed by atoms with Gasteiger partial charge in [-0.15, -0.1) is 11.8 Å². The van der Waals surface area contributed by atoms with Gasteiger partial charge in [0.05, 0.1) is 5.25 Å². The molecule has 2 amide bonds. The highest BCUT2D eigenvalue weighted by molar-refractivity contribution is 8.02. The van der Waals surface area contributed by atoms with Gasteiger partial charge < -0.3 is 5.73 Å². The summed E-state index contributed by atoms with van der Waals surface area (Å²) in [7, 11) is 0. The number of hydrogen-bond donors (Lipinski definition) is 1. The fraction of sp³-hybridized carbons (Fsp3) is 0.824. The molecular formula is C17H30N2O3S. The molecule has 0 saturated carbocycles. The first-order valence-corrected chi connectivity index (χ1v) is 8.99. The number of amides is 2. The predicted octanol–water partition coefficient (Wildman–Crippen LogP) is 2.22. The van der Waals surface area contributed by atoms with Crippen molar-refractivity contribution < 1.29 is 14.4 Å². The van der Waals surface area contributed by atoms with Crippen molar-refractivity contribution in [1.82, 2.24) is 4.90 Å². The minimum Gasteiger partial charge on any atom is -0.328 e. The molecule has 2 N–H and O–H groups in total. The molecule has 2 unspecified atom stereocenters. The average molecular weight is 343 g/mol. The summed E-state index contributed by atoms with van der Waals surface area (Å²) in [5.74, 6) is -0.372. The summed E-state index contributed by atoms with van der Waals surface area (Å²) in [6.45, 7) is 13.6. The number of Topliss-reactive ketones (excluding diaryl/α,β-unsaturated/α-hetero) is 1. The summed E-state index contributed by atoms with van der Waals surface area (Å²) in [6.07, 6.45) is 0.146. The molecule has 1 fully saturated rings. The third-order valence-corrected chi connectivity index (χ3v) is 6.29. The Morgan fingerprint density at radius 2 is 1.78 bits per heavy atom. The van der Waals surface area contributed by atoms with Gasteiger partial charge in [0.25, 0.3) is 0 Å². The second kappa shape index (κ2) is 6.93. The maximum absolute atomic E-state index is 12.7. The van der Waals surface area contributed by atoms with E-state index in [4.69, 9.17) is 5.73 Å². The molecule has 1 aliphatic rings. The smallest absolute Gasteiger partial charge is 0.243 e.